The van der Waals surface area contributed by atoms with Gasteiger partial charge in [-0.1, -0.05) is 6.07 Å². The number of nitrogens with two attached hydrogens (primary N) is 1. The molecule has 4 heteroatoms. The van der Waals surface area contributed by atoms with Crippen molar-refractivity contribution in [2.45, 2.75) is 17.6 Å². The van der Waals surface area contributed by atoms with E-state index >= 15 is 0 Å². The number of aromatic nitrogens is 1. The van der Waals surface area contributed by atoms with Crippen LogP contribution in [0.5, 0.6) is 5.75 Å². The van der Waals surface area contributed by atoms with Crippen LogP contribution in [0.3, 0.4) is 0 Å². The van der Waals surface area contributed by atoms with Crippen molar-refractivity contribution in [1.82, 2.24) is 4.98 Å². The molecule has 0 aliphatic heterocycles. The van der Waals surface area contributed by atoms with E-state index in [4.69, 9.17) is 10.5 Å². The maximum Gasteiger partial charge on any atom is 0.134 e. The summed E-state index contributed by atoms with van der Waals surface area (Å²) in [5.41, 5.74) is 8.83. The molecule has 0 fully saturated rings. The zero-order chi connectivity index (χ0) is 13.0. The summed E-state index contributed by atoms with van der Waals surface area (Å²) in [7, 11) is 1.66. The van der Waals surface area contributed by atoms with Crippen molar-refractivity contribution < 1.29 is 4.74 Å². The van der Waals surface area contributed by atoms with Crippen molar-refractivity contribution >= 4 is 17.4 Å². The molecule has 2 N–H and O–H groups in total. The third-order valence-electron chi connectivity index (χ3n) is 2.51. The van der Waals surface area contributed by atoms with Crippen LogP contribution in [0, 0.1) is 6.92 Å². The smallest absolute Gasteiger partial charge is 0.134 e. The van der Waals surface area contributed by atoms with E-state index in [0.29, 0.717) is 5.69 Å². The van der Waals surface area contributed by atoms with E-state index in [-0.39, 0.29) is 0 Å². The molecule has 0 saturated heterocycles. The van der Waals surface area contributed by atoms with Crippen molar-refractivity contribution in [2.24, 2.45) is 0 Å². The molecule has 2 rings (SSSR count). The lowest BCUT2D eigenvalue weighted by Crippen LogP contribution is -1.91. The van der Waals surface area contributed by atoms with Crippen molar-refractivity contribution in [3.05, 3.63) is 47.8 Å². The summed E-state index contributed by atoms with van der Waals surface area (Å²) in [5.74, 6) is 1.69. The van der Waals surface area contributed by atoms with Crippen molar-refractivity contribution in [3.63, 3.8) is 0 Å². The normalized spacial score (nSPS) is 10.3. The van der Waals surface area contributed by atoms with Gasteiger partial charge in [-0.2, -0.15) is 0 Å². The number of methoxy groups -OCH3 is 1. The molecule has 0 radical (unpaired) electrons. The molecule has 1 aromatic heterocycles. The van der Waals surface area contributed by atoms with E-state index in [1.165, 1.54) is 11.1 Å². The van der Waals surface area contributed by atoms with Crippen LogP contribution in [0.15, 0.2) is 41.6 Å². The Morgan fingerprint density at radius 1 is 1.28 bits per heavy atom. The molecule has 1 heterocycles. The maximum atomic E-state index is 5.73. The Bertz CT molecular complexity index is 543. The lowest BCUT2D eigenvalue weighted by molar-refractivity contribution is 0.405. The summed E-state index contributed by atoms with van der Waals surface area (Å²) in [6.45, 7) is 2.05. The Morgan fingerprint density at radius 3 is 2.83 bits per heavy atom. The second kappa shape index (κ2) is 5.78. The van der Waals surface area contributed by atoms with Gasteiger partial charge >= 0.3 is 0 Å². The number of rotatable bonds is 4. The Labute approximate surface area is 111 Å². The monoisotopic (exact) mass is 260 g/mol. The second-order valence-corrected chi connectivity index (χ2v) is 5.09. The molecular formula is C14H16N2OS. The lowest BCUT2D eigenvalue weighted by atomic mass is 10.2. The predicted octanol–water partition coefficient (Wildman–Crippen LogP) is 3.27. The van der Waals surface area contributed by atoms with Gasteiger partial charge in [0, 0.05) is 34.8 Å². The molecule has 3 nitrogen and oxygen atoms in total. The van der Waals surface area contributed by atoms with E-state index in [9.17, 15) is 0 Å². The van der Waals surface area contributed by atoms with Gasteiger partial charge in [0.25, 0.3) is 0 Å². The topological polar surface area (TPSA) is 48.1 Å². The van der Waals surface area contributed by atoms with E-state index in [0.717, 1.165) is 16.4 Å². The molecule has 0 spiro atoms. The van der Waals surface area contributed by atoms with E-state index < -0.39 is 0 Å². The molecule has 0 saturated carbocycles. The minimum atomic E-state index is 0.716. The fraction of sp³-hybridized carbons (Fsp3) is 0.214. The van der Waals surface area contributed by atoms with Gasteiger partial charge in [-0.15, -0.1) is 11.8 Å². The Morgan fingerprint density at radius 2 is 2.11 bits per heavy atom. The summed E-state index contributed by atoms with van der Waals surface area (Å²) < 4.78 is 5.32. The minimum Gasteiger partial charge on any atom is -0.496 e. The third kappa shape index (κ3) is 3.17. The van der Waals surface area contributed by atoms with E-state index in [2.05, 4.69) is 11.1 Å². The van der Waals surface area contributed by atoms with E-state index in [1.807, 2.05) is 37.5 Å². The Hall–Kier alpha value is -1.68. The van der Waals surface area contributed by atoms with Gasteiger partial charge in [-0.3, -0.25) is 4.98 Å². The fourth-order valence-corrected chi connectivity index (χ4v) is 2.59. The van der Waals surface area contributed by atoms with Crippen LogP contribution in [-0.2, 0) is 5.75 Å². The molecular weight excluding hydrogens is 244 g/mol. The number of nitrogen functional groups attached to an aromatic ring is 1. The van der Waals surface area contributed by atoms with Crippen molar-refractivity contribution in [1.29, 1.82) is 0 Å². The Balaban J connectivity index is 2.10. The van der Waals surface area contributed by atoms with Crippen LogP contribution in [0.1, 0.15) is 11.1 Å². The number of ether oxygens (including phenoxy) is 1. The van der Waals surface area contributed by atoms with Gasteiger partial charge < -0.3 is 10.5 Å². The largest absolute Gasteiger partial charge is 0.496 e. The van der Waals surface area contributed by atoms with Gasteiger partial charge in [-0.05, 0) is 30.2 Å². The number of benzene rings is 1. The molecule has 18 heavy (non-hydrogen) atoms. The quantitative estimate of drug-likeness (QED) is 0.677. The number of anilines is 1. The molecule has 94 valence electrons. The zero-order valence-electron chi connectivity index (χ0n) is 10.5. The summed E-state index contributed by atoms with van der Waals surface area (Å²) >= 11 is 1.72. The number of thioether (sulfide) groups is 1. The first kappa shape index (κ1) is 12.8. The van der Waals surface area contributed by atoms with Crippen LogP contribution < -0.4 is 10.5 Å². The highest BCUT2D eigenvalue weighted by Gasteiger charge is 2.04. The number of pyridine rings is 1. The summed E-state index contributed by atoms with van der Waals surface area (Å²) in [5, 5.41) is 0. The number of nitrogens with zero attached hydrogens (tertiary/aromatic N) is 1. The zero-order valence-corrected chi connectivity index (χ0v) is 11.3. The van der Waals surface area contributed by atoms with Crippen LogP contribution in [-0.4, -0.2) is 12.1 Å². The first-order valence-corrected chi connectivity index (χ1v) is 6.64. The number of hydrogen-bond acceptors (Lipinski definition) is 4. The van der Waals surface area contributed by atoms with Gasteiger partial charge in [-0.25, -0.2) is 0 Å². The van der Waals surface area contributed by atoms with Crippen LogP contribution in [0.2, 0.25) is 0 Å². The van der Waals surface area contributed by atoms with Gasteiger partial charge in [0.2, 0.25) is 0 Å². The SMILES string of the molecule is COc1cc(N)ccc1SCc1cncc(C)c1. The standard InChI is InChI=1S/C14H16N2OS/c1-10-5-11(8-16-7-10)9-18-14-4-3-12(15)6-13(14)17-2/h3-8H,9,15H2,1-2H3. The van der Waals surface area contributed by atoms with E-state index in [1.54, 1.807) is 18.9 Å². The molecule has 0 bridgehead atoms. The van der Waals surface area contributed by atoms with Gasteiger partial charge in [0.15, 0.2) is 0 Å². The predicted molar refractivity (Wildman–Crippen MR) is 75.9 cm³/mol. The maximum absolute atomic E-state index is 5.73. The molecule has 0 unspecified atom stereocenters. The first-order valence-electron chi connectivity index (χ1n) is 5.66. The molecule has 0 amide bonds. The van der Waals surface area contributed by atoms with Crippen LogP contribution in [0.4, 0.5) is 5.69 Å². The number of hydrogen-bond donors (Lipinski definition) is 1. The third-order valence-corrected chi connectivity index (χ3v) is 3.64. The van der Waals surface area contributed by atoms with Crippen LogP contribution >= 0.6 is 11.8 Å². The molecule has 1 aromatic carbocycles. The molecule has 0 aliphatic rings. The average Bonchev–Trinajstić information content (AvgIpc) is 2.37. The van der Waals surface area contributed by atoms with Crippen LogP contribution in [0.25, 0.3) is 0 Å². The first-order chi connectivity index (χ1) is 8.69. The lowest BCUT2D eigenvalue weighted by Gasteiger charge is -2.09. The molecule has 0 aliphatic carbocycles. The fourth-order valence-electron chi connectivity index (χ4n) is 1.66. The molecule has 0 atom stereocenters. The Kier molecular flexibility index (Phi) is 4.10. The summed E-state index contributed by atoms with van der Waals surface area (Å²) in [6.07, 6.45) is 3.75. The summed E-state index contributed by atoms with van der Waals surface area (Å²) in [6, 6.07) is 7.86. The van der Waals surface area contributed by atoms with Crippen molar-refractivity contribution in [3.8, 4) is 5.75 Å². The molecule has 2 aromatic rings. The van der Waals surface area contributed by atoms with Gasteiger partial charge in [0.1, 0.15) is 5.75 Å². The minimum absolute atomic E-state index is 0.716. The highest BCUT2D eigenvalue weighted by Crippen LogP contribution is 2.32. The highest BCUT2D eigenvalue weighted by atomic mass is 32.2. The highest BCUT2D eigenvalue weighted by molar-refractivity contribution is 7.98. The summed E-state index contributed by atoms with van der Waals surface area (Å²) in [4.78, 5) is 5.28. The van der Waals surface area contributed by atoms with Crippen molar-refractivity contribution in [2.75, 3.05) is 12.8 Å². The second-order valence-electron chi connectivity index (χ2n) is 4.07. The number of aryl methyl sites for hydroxylation is 1. The average molecular weight is 260 g/mol. The van der Waals surface area contributed by atoms with Gasteiger partial charge in [0.05, 0.1) is 7.11 Å².